The molecule has 0 aliphatic carbocycles. The number of hydrogen-bond donors (Lipinski definition) is 2. The first-order chi connectivity index (χ1) is 14.8. The van der Waals surface area contributed by atoms with Crippen molar-refractivity contribution in [2.24, 2.45) is 4.99 Å². The van der Waals surface area contributed by atoms with Gasteiger partial charge in [-0.3, -0.25) is 4.90 Å². The summed E-state index contributed by atoms with van der Waals surface area (Å²) >= 11 is 0. The summed E-state index contributed by atoms with van der Waals surface area (Å²) in [5, 5.41) is 6.76. The number of ether oxygens (including phenoxy) is 2. The minimum atomic E-state index is 0.286. The van der Waals surface area contributed by atoms with E-state index in [4.69, 9.17) is 14.5 Å². The number of nitrogens with one attached hydrogen (secondary N) is 2. The summed E-state index contributed by atoms with van der Waals surface area (Å²) in [5.74, 6) is 0.875. The van der Waals surface area contributed by atoms with Crippen LogP contribution in [0.15, 0.2) is 29.3 Å². The standard InChI is InChI=1S/C24H40N4O2/c1-2-25-24(26-12-8-15-30-23-11-16-29-20-23)27-18-21-9-7-10-22(17-21)19-28-13-5-3-4-6-14-28/h7,9-10,17,23H,2-6,8,11-16,18-20H2,1H3,(H2,25,26,27). The molecule has 6 heteroatoms. The van der Waals surface area contributed by atoms with Gasteiger partial charge in [0.1, 0.15) is 0 Å². The predicted molar refractivity (Wildman–Crippen MR) is 123 cm³/mol. The lowest BCUT2D eigenvalue weighted by Crippen LogP contribution is -2.38. The summed E-state index contributed by atoms with van der Waals surface area (Å²) < 4.78 is 11.2. The average molecular weight is 417 g/mol. The Morgan fingerprint density at radius 1 is 1.17 bits per heavy atom. The van der Waals surface area contributed by atoms with Crippen LogP contribution in [0.3, 0.4) is 0 Å². The van der Waals surface area contributed by atoms with Crippen LogP contribution in [0.5, 0.6) is 0 Å². The molecule has 0 aromatic heterocycles. The van der Waals surface area contributed by atoms with Crippen molar-refractivity contribution in [2.75, 3.05) is 46.0 Å². The third-order valence-electron chi connectivity index (χ3n) is 5.72. The molecule has 0 amide bonds. The molecule has 2 fully saturated rings. The van der Waals surface area contributed by atoms with E-state index < -0.39 is 0 Å². The molecule has 30 heavy (non-hydrogen) atoms. The first kappa shape index (κ1) is 23.0. The molecule has 1 atom stereocenters. The SMILES string of the molecule is CCNC(=NCc1cccc(CN2CCCCCC2)c1)NCCCOC1CCOC1. The zero-order valence-electron chi connectivity index (χ0n) is 18.7. The van der Waals surface area contributed by atoms with E-state index in [1.54, 1.807) is 0 Å². The highest BCUT2D eigenvalue weighted by atomic mass is 16.5. The molecule has 2 aliphatic rings. The number of guanidine groups is 1. The lowest BCUT2D eigenvalue weighted by atomic mass is 10.1. The van der Waals surface area contributed by atoms with E-state index in [0.29, 0.717) is 6.54 Å². The summed E-state index contributed by atoms with van der Waals surface area (Å²) in [7, 11) is 0. The van der Waals surface area contributed by atoms with E-state index >= 15 is 0 Å². The van der Waals surface area contributed by atoms with Gasteiger partial charge in [0.25, 0.3) is 0 Å². The monoisotopic (exact) mass is 416 g/mol. The number of benzene rings is 1. The van der Waals surface area contributed by atoms with Gasteiger partial charge in [-0.2, -0.15) is 0 Å². The number of aliphatic imine (C=N–C) groups is 1. The van der Waals surface area contributed by atoms with Crippen LogP contribution in [0, 0.1) is 0 Å². The van der Waals surface area contributed by atoms with Crippen LogP contribution in [0.1, 0.15) is 56.6 Å². The van der Waals surface area contributed by atoms with E-state index in [1.165, 1.54) is 49.9 Å². The topological polar surface area (TPSA) is 58.1 Å². The Bertz CT molecular complexity index is 623. The number of rotatable bonds is 10. The fourth-order valence-electron chi connectivity index (χ4n) is 4.06. The normalized spacial score (nSPS) is 20.8. The van der Waals surface area contributed by atoms with Crippen molar-refractivity contribution in [3.63, 3.8) is 0 Å². The smallest absolute Gasteiger partial charge is 0.191 e. The lowest BCUT2D eigenvalue weighted by molar-refractivity contribution is 0.0420. The van der Waals surface area contributed by atoms with E-state index in [1.807, 2.05) is 0 Å². The van der Waals surface area contributed by atoms with Gasteiger partial charge < -0.3 is 20.1 Å². The maximum absolute atomic E-state index is 5.83. The van der Waals surface area contributed by atoms with Crippen LogP contribution < -0.4 is 10.6 Å². The molecular formula is C24H40N4O2. The molecule has 2 heterocycles. The Balaban J connectivity index is 1.42. The van der Waals surface area contributed by atoms with Gasteiger partial charge in [-0.1, -0.05) is 37.1 Å². The van der Waals surface area contributed by atoms with Crippen molar-refractivity contribution < 1.29 is 9.47 Å². The van der Waals surface area contributed by atoms with Gasteiger partial charge >= 0.3 is 0 Å². The van der Waals surface area contributed by atoms with Crippen LogP contribution in [0.2, 0.25) is 0 Å². The fraction of sp³-hybridized carbons (Fsp3) is 0.708. The summed E-state index contributed by atoms with van der Waals surface area (Å²) in [6.07, 6.45) is 7.70. The Morgan fingerprint density at radius 3 is 2.77 bits per heavy atom. The molecule has 0 saturated carbocycles. The van der Waals surface area contributed by atoms with Crippen molar-refractivity contribution in [3.05, 3.63) is 35.4 Å². The number of hydrogen-bond acceptors (Lipinski definition) is 4. The molecule has 168 valence electrons. The maximum Gasteiger partial charge on any atom is 0.191 e. The first-order valence-electron chi connectivity index (χ1n) is 11.8. The van der Waals surface area contributed by atoms with Gasteiger partial charge in [0.15, 0.2) is 5.96 Å². The van der Waals surface area contributed by atoms with E-state index in [2.05, 4.69) is 46.7 Å². The molecule has 1 aromatic rings. The quantitative estimate of drug-likeness (QED) is 0.348. The molecule has 1 unspecified atom stereocenters. The van der Waals surface area contributed by atoms with Gasteiger partial charge in [0, 0.05) is 32.8 Å². The van der Waals surface area contributed by atoms with Crippen LogP contribution >= 0.6 is 0 Å². The molecule has 3 rings (SSSR count). The highest BCUT2D eigenvalue weighted by molar-refractivity contribution is 5.79. The van der Waals surface area contributed by atoms with Gasteiger partial charge in [-0.25, -0.2) is 4.99 Å². The molecule has 0 spiro atoms. The Labute approximate surface area is 182 Å². The molecule has 6 nitrogen and oxygen atoms in total. The number of likely N-dealkylation sites (tertiary alicyclic amines) is 1. The molecule has 0 radical (unpaired) electrons. The lowest BCUT2D eigenvalue weighted by Gasteiger charge is -2.20. The third kappa shape index (κ3) is 8.62. The summed E-state index contributed by atoms with van der Waals surface area (Å²) in [6.45, 7) is 10.4. The molecule has 2 N–H and O–H groups in total. The second kappa shape index (κ2) is 13.6. The summed E-state index contributed by atoms with van der Waals surface area (Å²) in [5.41, 5.74) is 2.67. The second-order valence-corrected chi connectivity index (χ2v) is 8.34. The Morgan fingerprint density at radius 2 is 2.00 bits per heavy atom. The Kier molecular flexibility index (Phi) is 10.5. The zero-order valence-corrected chi connectivity index (χ0v) is 18.7. The molecule has 2 saturated heterocycles. The van der Waals surface area contributed by atoms with Crippen LogP contribution in [-0.4, -0.2) is 63.0 Å². The van der Waals surface area contributed by atoms with Gasteiger partial charge in [0.05, 0.1) is 19.3 Å². The van der Waals surface area contributed by atoms with Crippen molar-refractivity contribution in [2.45, 2.75) is 64.6 Å². The highest BCUT2D eigenvalue weighted by Crippen LogP contribution is 2.14. The molecule has 2 aliphatic heterocycles. The van der Waals surface area contributed by atoms with E-state index in [-0.39, 0.29) is 6.10 Å². The van der Waals surface area contributed by atoms with Gasteiger partial charge in [-0.15, -0.1) is 0 Å². The average Bonchev–Trinajstić information content (AvgIpc) is 3.15. The molecular weight excluding hydrogens is 376 g/mol. The van der Waals surface area contributed by atoms with Crippen molar-refractivity contribution in [1.29, 1.82) is 0 Å². The van der Waals surface area contributed by atoms with E-state index in [0.717, 1.165) is 58.3 Å². The largest absolute Gasteiger partial charge is 0.379 e. The second-order valence-electron chi connectivity index (χ2n) is 8.34. The van der Waals surface area contributed by atoms with Crippen LogP contribution in [0.4, 0.5) is 0 Å². The highest BCUT2D eigenvalue weighted by Gasteiger charge is 2.15. The van der Waals surface area contributed by atoms with E-state index in [9.17, 15) is 0 Å². The first-order valence-corrected chi connectivity index (χ1v) is 11.8. The van der Waals surface area contributed by atoms with Gasteiger partial charge in [0.2, 0.25) is 0 Å². The molecule has 1 aromatic carbocycles. The predicted octanol–water partition coefficient (Wildman–Crippen LogP) is 3.31. The fourth-order valence-corrected chi connectivity index (χ4v) is 4.06. The number of nitrogens with zero attached hydrogens (tertiary/aromatic N) is 2. The van der Waals surface area contributed by atoms with Crippen molar-refractivity contribution in [3.8, 4) is 0 Å². The molecule has 0 bridgehead atoms. The minimum absolute atomic E-state index is 0.286. The summed E-state index contributed by atoms with van der Waals surface area (Å²) in [4.78, 5) is 7.38. The third-order valence-corrected chi connectivity index (χ3v) is 5.72. The van der Waals surface area contributed by atoms with Crippen LogP contribution in [-0.2, 0) is 22.6 Å². The maximum atomic E-state index is 5.83. The van der Waals surface area contributed by atoms with Crippen molar-refractivity contribution in [1.82, 2.24) is 15.5 Å². The summed E-state index contributed by atoms with van der Waals surface area (Å²) in [6, 6.07) is 8.91. The Hall–Kier alpha value is -1.63. The van der Waals surface area contributed by atoms with Gasteiger partial charge in [-0.05, 0) is 56.8 Å². The minimum Gasteiger partial charge on any atom is -0.379 e. The van der Waals surface area contributed by atoms with Crippen molar-refractivity contribution >= 4 is 5.96 Å². The zero-order chi connectivity index (χ0) is 20.9. The van der Waals surface area contributed by atoms with Crippen LogP contribution in [0.25, 0.3) is 0 Å².